The minimum Gasteiger partial charge on any atom is -0.482 e. The number of amides is 1. The van der Waals surface area contributed by atoms with Crippen molar-refractivity contribution in [2.45, 2.75) is 0 Å². The molecule has 5 nitrogen and oxygen atoms in total. The summed E-state index contributed by atoms with van der Waals surface area (Å²) < 4.78 is 17.8. The highest BCUT2D eigenvalue weighted by Crippen LogP contribution is 2.17. The third-order valence-corrected chi connectivity index (χ3v) is 2.76. The molecule has 2 rings (SSSR count). The number of hydrogen-bond acceptors (Lipinski definition) is 3. The molecule has 1 amide bonds. The fourth-order valence-corrected chi connectivity index (χ4v) is 1.74. The number of carboxylic acids is 1. The second-order valence-corrected chi connectivity index (χ2v) is 4.58. The lowest BCUT2D eigenvalue weighted by Crippen LogP contribution is -2.10. The van der Waals surface area contributed by atoms with E-state index in [4.69, 9.17) is 9.84 Å². The van der Waals surface area contributed by atoms with Crippen LogP contribution in [-0.2, 0) is 9.59 Å². The molecule has 0 saturated heterocycles. The Balaban J connectivity index is 1.95. The summed E-state index contributed by atoms with van der Waals surface area (Å²) in [6.45, 7) is -0.456. The van der Waals surface area contributed by atoms with E-state index in [1.54, 1.807) is 36.4 Å². The maximum Gasteiger partial charge on any atom is 0.341 e. The molecule has 0 heterocycles. The van der Waals surface area contributed by atoms with E-state index in [0.29, 0.717) is 17.0 Å². The fourth-order valence-electron chi connectivity index (χ4n) is 1.74. The molecule has 0 spiro atoms. The van der Waals surface area contributed by atoms with Gasteiger partial charge in [0.15, 0.2) is 6.61 Å². The number of carbonyl (C=O) groups is 2. The van der Waals surface area contributed by atoms with Crippen LogP contribution >= 0.6 is 0 Å². The van der Waals surface area contributed by atoms with Crippen LogP contribution in [0, 0.1) is 5.82 Å². The summed E-state index contributed by atoms with van der Waals surface area (Å²) in [5, 5.41) is 11.2. The maximum absolute atomic E-state index is 12.8. The van der Waals surface area contributed by atoms with Crippen molar-refractivity contribution in [3.8, 4) is 5.75 Å². The Kier molecular flexibility index (Phi) is 5.46. The largest absolute Gasteiger partial charge is 0.482 e. The highest BCUT2D eigenvalue weighted by molar-refractivity contribution is 6.02. The number of benzene rings is 2. The van der Waals surface area contributed by atoms with E-state index in [1.807, 2.05) is 0 Å². The fraction of sp³-hybridized carbons (Fsp3) is 0.0588. The van der Waals surface area contributed by atoms with Crippen LogP contribution in [-0.4, -0.2) is 23.6 Å². The second kappa shape index (κ2) is 7.74. The van der Waals surface area contributed by atoms with Crippen LogP contribution in [0.15, 0.2) is 54.6 Å². The summed E-state index contributed by atoms with van der Waals surface area (Å²) >= 11 is 0. The standard InChI is InChI=1S/C17H14FNO4/c18-13-7-4-12(5-8-13)6-9-16(20)19-14-2-1-3-15(10-14)23-11-17(21)22/h1-10H,11H2,(H,19,20)(H,21,22)/b9-6+. The normalized spacial score (nSPS) is 10.5. The van der Waals surface area contributed by atoms with E-state index in [1.165, 1.54) is 24.3 Å². The number of rotatable bonds is 6. The molecule has 0 aromatic heterocycles. The molecule has 2 aromatic carbocycles. The molecule has 0 radical (unpaired) electrons. The van der Waals surface area contributed by atoms with Crippen LogP contribution in [0.1, 0.15) is 5.56 Å². The molecule has 2 aromatic rings. The molecule has 0 aliphatic rings. The zero-order valence-corrected chi connectivity index (χ0v) is 12.0. The van der Waals surface area contributed by atoms with Crippen molar-refractivity contribution in [1.82, 2.24) is 0 Å². The summed E-state index contributed by atoms with van der Waals surface area (Å²) in [4.78, 5) is 22.3. The third-order valence-electron chi connectivity index (χ3n) is 2.76. The van der Waals surface area contributed by atoms with Crippen molar-refractivity contribution in [1.29, 1.82) is 0 Å². The second-order valence-electron chi connectivity index (χ2n) is 4.58. The molecular formula is C17H14FNO4. The van der Waals surface area contributed by atoms with Gasteiger partial charge in [0.25, 0.3) is 0 Å². The van der Waals surface area contributed by atoms with Crippen LogP contribution in [0.25, 0.3) is 6.08 Å². The minimum absolute atomic E-state index is 0.340. The summed E-state index contributed by atoms with van der Waals surface area (Å²) in [5.74, 6) is -1.45. The van der Waals surface area contributed by atoms with Gasteiger partial charge >= 0.3 is 5.97 Å². The number of hydrogen-bond donors (Lipinski definition) is 2. The van der Waals surface area contributed by atoms with Gasteiger partial charge in [0, 0.05) is 17.8 Å². The zero-order valence-electron chi connectivity index (χ0n) is 12.0. The monoisotopic (exact) mass is 315 g/mol. The van der Waals surface area contributed by atoms with Gasteiger partial charge in [0.2, 0.25) is 5.91 Å². The van der Waals surface area contributed by atoms with Gasteiger partial charge in [-0.1, -0.05) is 18.2 Å². The molecule has 0 fully saturated rings. The van der Waals surface area contributed by atoms with Crippen molar-refractivity contribution >= 4 is 23.6 Å². The average molecular weight is 315 g/mol. The first-order chi connectivity index (χ1) is 11.0. The van der Waals surface area contributed by atoms with E-state index < -0.39 is 12.6 Å². The first kappa shape index (κ1) is 16.2. The predicted octanol–water partition coefficient (Wildman–Crippen LogP) is 2.94. The van der Waals surface area contributed by atoms with E-state index in [-0.39, 0.29) is 11.7 Å². The Morgan fingerprint density at radius 2 is 1.91 bits per heavy atom. The van der Waals surface area contributed by atoms with Gasteiger partial charge in [-0.2, -0.15) is 0 Å². The van der Waals surface area contributed by atoms with Gasteiger partial charge in [-0.15, -0.1) is 0 Å². The highest BCUT2D eigenvalue weighted by Gasteiger charge is 2.02. The highest BCUT2D eigenvalue weighted by atomic mass is 19.1. The lowest BCUT2D eigenvalue weighted by molar-refractivity contribution is -0.139. The lowest BCUT2D eigenvalue weighted by atomic mass is 10.2. The number of nitrogens with one attached hydrogen (secondary N) is 1. The Morgan fingerprint density at radius 1 is 1.17 bits per heavy atom. The van der Waals surface area contributed by atoms with E-state index in [2.05, 4.69) is 5.32 Å². The molecule has 0 unspecified atom stereocenters. The van der Waals surface area contributed by atoms with Crippen molar-refractivity contribution < 1.29 is 23.8 Å². The minimum atomic E-state index is -1.08. The maximum atomic E-state index is 12.8. The molecule has 2 N–H and O–H groups in total. The first-order valence-electron chi connectivity index (χ1n) is 6.72. The van der Waals surface area contributed by atoms with E-state index >= 15 is 0 Å². The molecule has 6 heteroatoms. The summed E-state index contributed by atoms with van der Waals surface area (Å²) in [5.41, 5.74) is 1.17. The SMILES string of the molecule is O=C(O)COc1cccc(NC(=O)/C=C/c2ccc(F)cc2)c1. The van der Waals surface area contributed by atoms with E-state index in [9.17, 15) is 14.0 Å². The Labute approximate surface area is 132 Å². The number of aliphatic carboxylic acids is 1. The van der Waals surface area contributed by atoms with E-state index in [0.717, 1.165) is 0 Å². The topological polar surface area (TPSA) is 75.6 Å². The summed E-state index contributed by atoms with van der Waals surface area (Å²) in [6, 6.07) is 12.1. The van der Waals surface area contributed by atoms with Crippen molar-refractivity contribution in [3.63, 3.8) is 0 Å². The first-order valence-corrected chi connectivity index (χ1v) is 6.72. The van der Waals surface area contributed by atoms with Gasteiger partial charge in [-0.3, -0.25) is 4.79 Å². The Hall–Kier alpha value is -3.15. The van der Waals surface area contributed by atoms with Crippen molar-refractivity contribution in [2.24, 2.45) is 0 Å². The molecule has 0 saturated carbocycles. The third kappa shape index (κ3) is 5.62. The van der Waals surface area contributed by atoms with Gasteiger partial charge in [0.05, 0.1) is 0 Å². The van der Waals surface area contributed by atoms with Crippen LogP contribution in [0.5, 0.6) is 5.75 Å². The lowest BCUT2D eigenvalue weighted by Gasteiger charge is -2.06. The molecule has 0 aliphatic carbocycles. The number of anilines is 1. The smallest absolute Gasteiger partial charge is 0.341 e. The van der Waals surface area contributed by atoms with Crippen molar-refractivity contribution in [2.75, 3.05) is 11.9 Å². The summed E-state index contributed by atoms with van der Waals surface area (Å²) in [6.07, 6.45) is 2.87. The molecule has 0 bridgehead atoms. The van der Waals surface area contributed by atoms with Gasteiger partial charge < -0.3 is 15.2 Å². The molecule has 118 valence electrons. The van der Waals surface area contributed by atoms with Gasteiger partial charge in [0.1, 0.15) is 11.6 Å². The van der Waals surface area contributed by atoms with Crippen LogP contribution in [0.4, 0.5) is 10.1 Å². The number of carboxylic acid groups (broad SMARTS) is 1. The van der Waals surface area contributed by atoms with Crippen LogP contribution in [0.3, 0.4) is 0 Å². The predicted molar refractivity (Wildman–Crippen MR) is 83.6 cm³/mol. The van der Waals surface area contributed by atoms with Crippen LogP contribution < -0.4 is 10.1 Å². The quantitative estimate of drug-likeness (QED) is 0.804. The molecule has 0 aliphatic heterocycles. The Morgan fingerprint density at radius 3 is 2.61 bits per heavy atom. The molecule has 0 atom stereocenters. The molecular weight excluding hydrogens is 301 g/mol. The Bertz CT molecular complexity index is 726. The van der Waals surface area contributed by atoms with Gasteiger partial charge in [-0.05, 0) is 35.9 Å². The summed E-state index contributed by atoms with van der Waals surface area (Å²) in [7, 11) is 0. The zero-order chi connectivity index (χ0) is 16.7. The van der Waals surface area contributed by atoms with Crippen LogP contribution in [0.2, 0.25) is 0 Å². The van der Waals surface area contributed by atoms with Crippen molar-refractivity contribution in [3.05, 3.63) is 66.0 Å². The number of carbonyl (C=O) groups excluding carboxylic acids is 1. The number of ether oxygens (including phenoxy) is 1. The average Bonchev–Trinajstić information content (AvgIpc) is 2.53. The molecule has 23 heavy (non-hydrogen) atoms. The van der Waals surface area contributed by atoms with Gasteiger partial charge in [-0.25, -0.2) is 9.18 Å². The number of halogens is 1.